The molecular formula is C18H16BrClN4O3S. The van der Waals surface area contributed by atoms with Crippen molar-refractivity contribution >= 4 is 68.3 Å². The summed E-state index contributed by atoms with van der Waals surface area (Å²) < 4.78 is 0.615. The number of hydrazine groups is 1. The largest absolute Gasteiger partial charge is 0.325 e. The molecule has 0 aromatic heterocycles. The van der Waals surface area contributed by atoms with Crippen LogP contribution in [-0.4, -0.2) is 22.8 Å². The SMILES string of the molecule is O=C(CCC(=O)Nc1ccccc1Cl)NNC(=S)NC(=O)c1ccccc1Br. The number of hydrogen-bond acceptors (Lipinski definition) is 4. The third-order valence-electron chi connectivity index (χ3n) is 3.39. The summed E-state index contributed by atoms with van der Waals surface area (Å²) in [5.74, 6) is -1.25. The molecule has 0 spiro atoms. The Bertz CT molecular complexity index is 910. The van der Waals surface area contributed by atoms with Crippen molar-refractivity contribution in [3.8, 4) is 0 Å². The molecule has 3 amide bonds. The molecule has 28 heavy (non-hydrogen) atoms. The number of para-hydroxylation sites is 1. The van der Waals surface area contributed by atoms with Crippen LogP contribution in [0.5, 0.6) is 0 Å². The summed E-state index contributed by atoms with van der Waals surface area (Å²) in [4.78, 5) is 35.8. The van der Waals surface area contributed by atoms with Crippen LogP contribution in [0.3, 0.4) is 0 Å². The Hall–Kier alpha value is -2.49. The molecule has 7 nitrogen and oxygen atoms in total. The van der Waals surface area contributed by atoms with Gasteiger partial charge < -0.3 is 5.32 Å². The van der Waals surface area contributed by atoms with Gasteiger partial charge in [0.15, 0.2) is 5.11 Å². The molecular weight excluding hydrogens is 468 g/mol. The number of anilines is 1. The molecule has 0 heterocycles. The second-order valence-corrected chi connectivity index (χ2v) is 7.13. The Labute approximate surface area is 180 Å². The molecule has 146 valence electrons. The standard InChI is InChI=1S/C18H16BrClN4O3S/c19-12-6-2-1-5-11(12)17(27)22-18(28)24-23-16(26)10-9-15(25)21-14-8-4-3-7-13(14)20/h1-8H,9-10H2,(H,21,25)(H,23,26)(H2,22,24,27,28). The maximum Gasteiger partial charge on any atom is 0.258 e. The lowest BCUT2D eigenvalue weighted by Gasteiger charge is -2.11. The normalized spacial score (nSPS) is 9.93. The van der Waals surface area contributed by atoms with Gasteiger partial charge in [-0.25, -0.2) is 0 Å². The van der Waals surface area contributed by atoms with Crippen LogP contribution in [0.2, 0.25) is 5.02 Å². The molecule has 4 N–H and O–H groups in total. The van der Waals surface area contributed by atoms with Crippen LogP contribution in [-0.2, 0) is 9.59 Å². The molecule has 0 radical (unpaired) electrons. The predicted molar refractivity (Wildman–Crippen MR) is 115 cm³/mol. The highest BCUT2D eigenvalue weighted by Gasteiger charge is 2.12. The minimum Gasteiger partial charge on any atom is -0.325 e. The first-order valence-corrected chi connectivity index (χ1v) is 9.64. The number of hydrogen-bond donors (Lipinski definition) is 4. The number of halogens is 2. The molecule has 10 heteroatoms. The van der Waals surface area contributed by atoms with Gasteiger partial charge in [-0.2, -0.15) is 0 Å². The lowest BCUT2D eigenvalue weighted by Crippen LogP contribution is -2.48. The summed E-state index contributed by atoms with van der Waals surface area (Å²) in [5.41, 5.74) is 5.61. The van der Waals surface area contributed by atoms with Gasteiger partial charge in [0.25, 0.3) is 5.91 Å². The Kier molecular flexibility index (Phi) is 8.37. The highest BCUT2D eigenvalue weighted by Crippen LogP contribution is 2.20. The fourth-order valence-electron chi connectivity index (χ4n) is 2.04. The smallest absolute Gasteiger partial charge is 0.258 e. The van der Waals surface area contributed by atoms with E-state index >= 15 is 0 Å². The minimum absolute atomic E-state index is 0.0468. The molecule has 0 saturated carbocycles. The number of amides is 3. The van der Waals surface area contributed by atoms with Gasteiger partial charge >= 0.3 is 0 Å². The number of thiocarbonyl (C=S) groups is 1. The topological polar surface area (TPSA) is 99.3 Å². The fraction of sp³-hybridized carbons (Fsp3) is 0.111. The highest BCUT2D eigenvalue weighted by atomic mass is 79.9. The van der Waals surface area contributed by atoms with Crippen molar-refractivity contribution in [1.29, 1.82) is 0 Å². The van der Waals surface area contributed by atoms with Crippen molar-refractivity contribution in [1.82, 2.24) is 16.2 Å². The Balaban J connectivity index is 1.71. The zero-order chi connectivity index (χ0) is 20.5. The number of rotatable bonds is 5. The van der Waals surface area contributed by atoms with Crippen LogP contribution in [0.4, 0.5) is 5.69 Å². The van der Waals surface area contributed by atoms with E-state index in [0.29, 0.717) is 20.7 Å². The van der Waals surface area contributed by atoms with Crippen LogP contribution in [0.15, 0.2) is 53.0 Å². The monoisotopic (exact) mass is 482 g/mol. The molecule has 2 aromatic carbocycles. The quantitative estimate of drug-likeness (QED) is 0.387. The molecule has 0 bridgehead atoms. The van der Waals surface area contributed by atoms with Gasteiger partial charge in [0, 0.05) is 17.3 Å². The number of carbonyl (C=O) groups excluding carboxylic acids is 3. The number of carbonyl (C=O) groups is 3. The lowest BCUT2D eigenvalue weighted by atomic mass is 10.2. The molecule has 0 aliphatic carbocycles. The number of benzene rings is 2. The van der Waals surface area contributed by atoms with E-state index in [2.05, 4.69) is 37.4 Å². The summed E-state index contributed by atoms with van der Waals surface area (Å²) in [7, 11) is 0. The Morgan fingerprint density at radius 2 is 1.57 bits per heavy atom. The second kappa shape index (κ2) is 10.7. The summed E-state index contributed by atoms with van der Waals surface area (Å²) >= 11 is 14.2. The van der Waals surface area contributed by atoms with Gasteiger partial charge in [-0.1, -0.05) is 35.9 Å². The Morgan fingerprint density at radius 1 is 0.929 bits per heavy atom. The summed E-state index contributed by atoms with van der Waals surface area (Å²) in [5, 5.41) is 5.40. The molecule has 0 aliphatic rings. The van der Waals surface area contributed by atoms with Gasteiger partial charge in [-0.15, -0.1) is 0 Å². The van der Waals surface area contributed by atoms with Crippen molar-refractivity contribution < 1.29 is 14.4 Å². The van der Waals surface area contributed by atoms with Gasteiger partial charge in [0.1, 0.15) is 0 Å². The summed E-state index contributed by atoms with van der Waals surface area (Å²) in [6.07, 6.45) is -0.126. The molecule has 2 aromatic rings. The lowest BCUT2D eigenvalue weighted by molar-refractivity contribution is -0.124. The minimum atomic E-state index is -0.466. The van der Waals surface area contributed by atoms with Crippen LogP contribution >= 0.6 is 39.7 Å². The van der Waals surface area contributed by atoms with Crippen LogP contribution < -0.4 is 21.5 Å². The average Bonchev–Trinajstić information content (AvgIpc) is 2.67. The molecule has 0 fully saturated rings. The van der Waals surface area contributed by atoms with E-state index in [1.165, 1.54) is 0 Å². The molecule has 0 atom stereocenters. The maximum atomic E-state index is 12.1. The van der Waals surface area contributed by atoms with E-state index in [0.717, 1.165) is 0 Å². The van der Waals surface area contributed by atoms with E-state index in [9.17, 15) is 14.4 Å². The van der Waals surface area contributed by atoms with Crippen LogP contribution in [0.1, 0.15) is 23.2 Å². The van der Waals surface area contributed by atoms with Gasteiger partial charge in [-0.05, 0) is 52.4 Å². The zero-order valence-electron chi connectivity index (χ0n) is 14.4. The van der Waals surface area contributed by atoms with E-state index in [1.807, 2.05) is 0 Å². The van der Waals surface area contributed by atoms with Crippen LogP contribution in [0.25, 0.3) is 0 Å². The van der Waals surface area contributed by atoms with Crippen molar-refractivity contribution in [2.75, 3.05) is 5.32 Å². The van der Waals surface area contributed by atoms with E-state index in [4.69, 9.17) is 23.8 Å². The van der Waals surface area contributed by atoms with Gasteiger partial charge in [0.2, 0.25) is 11.8 Å². The third-order valence-corrected chi connectivity index (χ3v) is 4.61. The fourth-order valence-corrected chi connectivity index (χ4v) is 2.83. The zero-order valence-corrected chi connectivity index (χ0v) is 17.6. The summed E-state index contributed by atoms with van der Waals surface area (Å²) in [6, 6.07) is 13.6. The highest BCUT2D eigenvalue weighted by molar-refractivity contribution is 9.10. The third kappa shape index (κ3) is 6.91. The molecule has 0 unspecified atom stereocenters. The predicted octanol–water partition coefficient (Wildman–Crippen LogP) is 3.16. The molecule has 0 saturated heterocycles. The van der Waals surface area contributed by atoms with E-state index in [-0.39, 0.29) is 23.9 Å². The number of nitrogens with one attached hydrogen (secondary N) is 4. The van der Waals surface area contributed by atoms with Gasteiger partial charge in [0.05, 0.1) is 16.3 Å². The van der Waals surface area contributed by atoms with E-state index in [1.54, 1.807) is 48.5 Å². The first-order valence-electron chi connectivity index (χ1n) is 8.06. The summed E-state index contributed by atoms with van der Waals surface area (Å²) in [6.45, 7) is 0. The maximum absolute atomic E-state index is 12.1. The first kappa shape index (κ1) is 21.8. The van der Waals surface area contributed by atoms with Gasteiger partial charge in [-0.3, -0.25) is 30.6 Å². The van der Waals surface area contributed by atoms with E-state index < -0.39 is 11.8 Å². The van der Waals surface area contributed by atoms with Crippen molar-refractivity contribution in [3.05, 3.63) is 63.6 Å². The van der Waals surface area contributed by atoms with Crippen molar-refractivity contribution in [2.45, 2.75) is 12.8 Å². The van der Waals surface area contributed by atoms with Crippen LogP contribution in [0, 0.1) is 0 Å². The van der Waals surface area contributed by atoms with Crippen molar-refractivity contribution in [2.24, 2.45) is 0 Å². The molecule has 0 aliphatic heterocycles. The first-order chi connectivity index (χ1) is 13.4. The van der Waals surface area contributed by atoms with Crippen molar-refractivity contribution in [3.63, 3.8) is 0 Å². The second-order valence-electron chi connectivity index (χ2n) is 5.46. The average molecular weight is 484 g/mol. The Morgan fingerprint density at radius 3 is 2.29 bits per heavy atom. The molecule has 2 rings (SSSR count).